The Hall–Kier alpha value is -3.88. The summed E-state index contributed by atoms with van der Waals surface area (Å²) in [5.74, 6) is 1.45. The molecule has 1 amide bonds. The van der Waals surface area contributed by atoms with Crippen molar-refractivity contribution in [3.05, 3.63) is 84.3 Å². The van der Waals surface area contributed by atoms with Gasteiger partial charge in [0.1, 0.15) is 24.0 Å². The van der Waals surface area contributed by atoms with Gasteiger partial charge in [0.2, 0.25) is 5.91 Å². The van der Waals surface area contributed by atoms with Crippen LogP contribution in [0.1, 0.15) is 23.0 Å². The predicted molar refractivity (Wildman–Crippen MR) is 105 cm³/mol. The van der Waals surface area contributed by atoms with Crippen LogP contribution in [0.5, 0.6) is 0 Å². The second-order valence-corrected chi connectivity index (χ2v) is 6.58. The average Bonchev–Trinajstić information content (AvgIpc) is 3.43. The van der Waals surface area contributed by atoms with E-state index in [9.17, 15) is 4.79 Å². The van der Waals surface area contributed by atoms with Gasteiger partial charge < -0.3 is 5.32 Å². The first kappa shape index (κ1) is 18.5. The Morgan fingerprint density at radius 2 is 1.97 bits per heavy atom. The van der Waals surface area contributed by atoms with E-state index in [2.05, 4.69) is 30.8 Å². The molecular formula is C20H20N8O. The van der Waals surface area contributed by atoms with Gasteiger partial charge in [0.05, 0.1) is 0 Å². The lowest BCUT2D eigenvalue weighted by Gasteiger charge is -2.16. The van der Waals surface area contributed by atoms with Crippen molar-refractivity contribution in [2.45, 2.75) is 25.9 Å². The predicted octanol–water partition coefficient (Wildman–Crippen LogP) is 1.66. The highest BCUT2D eigenvalue weighted by molar-refractivity contribution is 5.80. The average molecular weight is 388 g/mol. The summed E-state index contributed by atoms with van der Waals surface area (Å²) in [6.45, 7) is 2.28. The number of carbonyl (C=O) groups is 1. The number of imidazole rings is 1. The quantitative estimate of drug-likeness (QED) is 0.516. The van der Waals surface area contributed by atoms with Crippen molar-refractivity contribution in [2.24, 2.45) is 0 Å². The number of amides is 1. The summed E-state index contributed by atoms with van der Waals surface area (Å²) in [6, 6.07) is 13.1. The van der Waals surface area contributed by atoms with E-state index in [1.807, 2.05) is 60.2 Å². The van der Waals surface area contributed by atoms with Crippen molar-refractivity contribution in [3.63, 3.8) is 0 Å². The SMILES string of the molecule is Cc1nccn1-c1cc(CNC(=O)C(Cc2ccccc2)n2cnnn2)ccn1. The number of tetrazole rings is 1. The highest BCUT2D eigenvalue weighted by Crippen LogP contribution is 2.14. The molecule has 4 aromatic rings. The van der Waals surface area contributed by atoms with E-state index >= 15 is 0 Å². The Balaban J connectivity index is 1.48. The van der Waals surface area contributed by atoms with Crippen LogP contribution in [-0.2, 0) is 17.8 Å². The maximum absolute atomic E-state index is 12.9. The first-order valence-electron chi connectivity index (χ1n) is 9.20. The number of rotatable bonds is 7. The van der Waals surface area contributed by atoms with Crippen LogP contribution < -0.4 is 5.32 Å². The number of nitrogens with one attached hydrogen (secondary N) is 1. The first-order chi connectivity index (χ1) is 14.2. The van der Waals surface area contributed by atoms with E-state index in [1.165, 1.54) is 11.0 Å². The molecule has 3 heterocycles. The van der Waals surface area contributed by atoms with Gasteiger partial charge in [0.25, 0.3) is 0 Å². The molecular weight excluding hydrogens is 368 g/mol. The van der Waals surface area contributed by atoms with Crippen LogP contribution in [0, 0.1) is 6.92 Å². The van der Waals surface area contributed by atoms with E-state index in [4.69, 9.17) is 0 Å². The molecule has 0 radical (unpaired) electrons. The number of pyridine rings is 1. The Morgan fingerprint density at radius 1 is 1.10 bits per heavy atom. The molecule has 0 fully saturated rings. The van der Waals surface area contributed by atoms with Crippen molar-refractivity contribution >= 4 is 5.91 Å². The number of carbonyl (C=O) groups excluding carboxylic acids is 1. The smallest absolute Gasteiger partial charge is 0.245 e. The molecule has 9 heteroatoms. The van der Waals surface area contributed by atoms with Crippen molar-refractivity contribution in [3.8, 4) is 5.82 Å². The van der Waals surface area contributed by atoms with Crippen LogP contribution in [-0.4, -0.2) is 40.6 Å². The highest BCUT2D eigenvalue weighted by atomic mass is 16.2. The van der Waals surface area contributed by atoms with Crippen LogP contribution in [0.25, 0.3) is 5.82 Å². The molecule has 4 rings (SSSR count). The van der Waals surface area contributed by atoms with Gasteiger partial charge in [-0.15, -0.1) is 5.10 Å². The number of aromatic nitrogens is 7. The van der Waals surface area contributed by atoms with E-state index in [-0.39, 0.29) is 5.91 Å². The summed E-state index contributed by atoms with van der Waals surface area (Å²) in [5.41, 5.74) is 1.97. The third-order valence-electron chi connectivity index (χ3n) is 4.61. The molecule has 1 N–H and O–H groups in total. The summed E-state index contributed by atoms with van der Waals surface area (Å²) >= 11 is 0. The summed E-state index contributed by atoms with van der Waals surface area (Å²) in [4.78, 5) is 21.5. The molecule has 1 unspecified atom stereocenters. The zero-order chi connectivity index (χ0) is 20.1. The van der Waals surface area contributed by atoms with E-state index in [0.717, 1.165) is 22.8 Å². The van der Waals surface area contributed by atoms with Gasteiger partial charge in [-0.05, 0) is 40.6 Å². The minimum absolute atomic E-state index is 0.154. The summed E-state index contributed by atoms with van der Waals surface area (Å²) in [5, 5.41) is 14.2. The van der Waals surface area contributed by atoms with Crippen LogP contribution >= 0.6 is 0 Å². The Morgan fingerprint density at radius 3 is 2.69 bits per heavy atom. The lowest BCUT2D eigenvalue weighted by atomic mass is 10.1. The lowest BCUT2D eigenvalue weighted by molar-refractivity contribution is -0.124. The standard InChI is InChI=1S/C20H20N8O/c1-15-21-9-10-27(15)19-12-17(7-8-22-19)13-23-20(29)18(28-14-24-25-26-28)11-16-5-3-2-4-6-16/h2-10,12,14,18H,11,13H2,1H3,(H,23,29). The molecule has 1 aromatic carbocycles. The molecule has 0 saturated carbocycles. The van der Waals surface area contributed by atoms with Crippen molar-refractivity contribution in [1.29, 1.82) is 0 Å². The van der Waals surface area contributed by atoms with Gasteiger partial charge in [-0.25, -0.2) is 14.6 Å². The van der Waals surface area contributed by atoms with Gasteiger partial charge in [0, 0.05) is 31.6 Å². The fourth-order valence-corrected chi connectivity index (χ4v) is 3.08. The molecule has 0 aliphatic carbocycles. The Labute approximate surface area is 167 Å². The number of benzene rings is 1. The van der Waals surface area contributed by atoms with Gasteiger partial charge in [-0.1, -0.05) is 30.3 Å². The normalized spacial score (nSPS) is 11.9. The van der Waals surface area contributed by atoms with Crippen molar-refractivity contribution in [1.82, 2.24) is 40.1 Å². The number of hydrogen-bond acceptors (Lipinski definition) is 6. The molecule has 3 aromatic heterocycles. The van der Waals surface area contributed by atoms with E-state index < -0.39 is 6.04 Å². The molecule has 9 nitrogen and oxygen atoms in total. The number of hydrogen-bond donors (Lipinski definition) is 1. The van der Waals surface area contributed by atoms with Crippen LogP contribution in [0.3, 0.4) is 0 Å². The van der Waals surface area contributed by atoms with E-state index in [1.54, 1.807) is 12.4 Å². The van der Waals surface area contributed by atoms with Gasteiger partial charge in [-0.2, -0.15) is 0 Å². The molecule has 1 atom stereocenters. The van der Waals surface area contributed by atoms with Gasteiger partial charge in [-0.3, -0.25) is 9.36 Å². The zero-order valence-electron chi connectivity index (χ0n) is 15.9. The monoisotopic (exact) mass is 388 g/mol. The summed E-state index contributed by atoms with van der Waals surface area (Å²) in [7, 11) is 0. The molecule has 0 bridgehead atoms. The highest BCUT2D eigenvalue weighted by Gasteiger charge is 2.22. The molecule has 0 aliphatic rings. The third-order valence-corrected chi connectivity index (χ3v) is 4.61. The van der Waals surface area contributed by atoms with Crippen molar-refractivity contribution in [2.75, 3.05) is 0 Å². The van der Waals surface area contributed by atoms with E-state index in [0.29, 0.717) is 13.0 Å². The zero-order valence-corrected chi connectivity index (χ0v) is 15.9. The maximum Gasteiger partial charge on any atom is 0.245 e. The van der Waals surface area contributed by atoms with Gasteiger partial charge in [0.15, 0.2) is 0 Å². The molecule has 0 spiro atoms. The molecule has 29 heavy (non-hydrogen) atoms. The second kappa shape index (κ2) is 8.42. The van der Waals surface area contributed by atoms with Crippen LogP contribution in [0.15, 0.2) is 67.4 Å². The largest absolute Gasteiger partial charge is 0.350 e. The fraction of sp³-hybridized carbons (Fsp3) is 0.200. The summed E-state index contributed by atoms with van der Waals surface area (Å²) in [6.07, 6.45) is 7.26. The minimum Gasteiger partial charge on any atom is -0.350 e. The maximum atomic E-state index is 12.9. The summed E-state index contributed by atoms with van der Waals surface area (Å²) < 4.78 is 3.37. The second-order valence-electron chi connectivity index (χ2n) is 6.58. The Bertz CT molecular complexity index is 1070. The number of nitrogens with zero attached hydrogens (tertiary/aromatic N) is 7. The number of aryl methyl sites for hydroxylation is 1. The molecule has 146 valence electrons. The first-order valence-corrected chi connectivity index (χ1v) is 9.20. The topological polar surface area (TPSA) is 103 Å². The third kappa shape index (κ3) is 4.34. The molecule has 0 aliphatic heterocycles. The van der Waals surface area contributed by atoms with Gasteiger partial charge >= 0.3 is 0 Å². The van der Waals surface area contributed by atoms with Crippen molar-refractivity contribution < 1.29 is 4.79 Å². The molecule has 0 saturated heterocycles. The van der Waals surface area contributed by atoms with Crippen LogP contribution in [0.4, 0.5) is 0 Å². The lowest BCUT2D eigenvalue weighted by Crippen LogP contribution is -2.34. The minimum atomic E-state index is -0.537. The Kier molecular flexibility index (Phi) is 5.37. The fourth-order valence-electron chi connectivity index (χ4n) is 3.08. The van der Waals surface area contributed by atoms with Crippen LogP contribution in [0.2, 0.25) is 0 Å².